The number of fused-ring (bicyclic) bond motifs is 2. The molecule has 4 saturated heterocycles. The van der Waals surface area contributed by atoms with Gasteiger partial charge in [-0.25, -0.2) is 0 Å². The monoisotopic (exact) mass is 761 g/mol. The zero-order valence-corrected chi connectivity index (χ0v) is 31.4. The first-order valence-corrected chi connectivity index (χ1v) is 18.5. The number of benzene rings is 3. The Bertz CT molecular complexity index is 1750. The number of carbonyl (C=O) groups is 2. The number of esters is 2. The van der Waals surface area contributed by atoms with Crippen LogP contribution in [0.25, 0.3) is 0 Å². The van der Waals surface area contributed by atoms with Gasteiger partial charge in [-0.05, 0) is 39.8 Å². The number of rotatable bonds is 10. The van der Waals surface area contributed by atoms with Crippen LogP contribution in [0.15, 0.2) is 96.2 Å². The van der Waals surface area contributed by atoms with Gasteiger partial charge in [-0.2, -0.15) is 0 Å². The van der Waals surface area contributed by atoms with Gasteiger partial charge in [0.1, 0.15) is 42.9 Å². The summed E-state index contributed by atoms with van der Waals surface area (Å²) in [6.07, 6.45) is -10.8. The number of hydrogen-bond donors (Lipinski definition) is 0. The van der Waals surface area contributed by atoms with Crippen molar-refractivity contribution in [2.45, 2.75) is 103 Å². The first-order chi connectivity index (χ1) is 26.6. The van der Waals surface area contributed by atoms with Gasteiger partial charge < -0.3 is 52.2 Å². The molecule has 0 aliphatic carbocycles. The highest BCUT2D eigenvalue weighted by Gasteiger charge is 2.58. The Morgan fingerprint density at radius 2 is 1.29 bits per heavy atom. The Morgan fingerprint density at radius 1 is 0.727 bits per heavy atom. The summed E-state index contributed by atoms with van der Waals surface area (Å²) in [7, 11) is 0. The molecule has 0 spiro atoms. The highest BCUT2D eigenvalue weighted by molar-refractivity contribution is 5.94. The van der Waals surface area contributed by atoms with E-state index in [0.29, 0.717) is 5.75 Å². The van der Waals surface area contributed by atoms with Crippen LogP contribution in [0.5, 0.6) is 5.75 Å². The smallest absolute Gasteiger partial charge is 0.311 e. The fraction of sp³-hybridized carbons (Fsp3) is 0.488. The van der Waals surface area contributed by atoms with Crippen LogP contribution in [0.2, 0.25) is 0 Å². The third-order valence-corrected chi connectivity index (χ3v) is 9.34. The maximum Gasteiger partial charge on any atom is 0.311 e. The molecule has 0 bridgehead atoms. The minimum Gasteiger partial charge on any atom is -0.461 e. The van der Waals surface area contributed by atoms with Crippen molar-refractivity contribution in [3.8, 4) is 5.75 Å². The first-order valence-electron chi connectivity index (χ1n) is 18.5. The molecule has 14 nitrogen and oxygen atoms in total. The van der Waals surface area contributed by atoms with Crippen LogP contribution < -0.4 is 4.74 Å². The standard InChI is InChI=1S/C41H47NO13/c1-6-47-42-30-33(55-40(44)41(3,4)5)31-28(22-45-36(52-31)25-16-10-7-11-17-25)50-38(30)54-34-32-29(23-46-37(53-32)26-18-12-8-13-19-26)51-39(35(34)48-24(2)43)49-27-20-14-9-15-21-27/h7-21,28-29,31-39H,6,22-23H2,1-5H3/b42-30+/t28-,29-,31-,32-,33-,34+,35-,36?,37?,38?,39+/m1/s1. The van der Waals surface area contributed by atoms with E-state index in [-0.39, 0.29) is 25.5 Å². The molecule has 3 unspecified atom stereocenters. The molecule has 11 atom stereocenters. The van der Waals surface area contributed by atoms with Crippen molar-refractivity contribution in [2.24, 2.45) is 10.6 Å². The normalized spacial score (nSPS) is 32.7. The number of oxime groups is 1. The van der Waals surface area contributed by atoms with Crippen molar-refractivity contribution in [1.29, 1.82) is 0 Å². The second-order valence-electron chi connectivity index (χ2n) is 14.5. The molecule has 0 N–H and O–H groups in total. The number of nitrogens with zero attached hydrogens (tertiary/aromatic N) is 1. The third-order valence-electron chi connectivity index (χ3n) is 9.34. The van der Waals surface area contributed by atoms with Crippen LogP contribution in [0.3, 0.4) is 0 Å². The van der Waals surface area contributed by atoms with Crippen molar-refractivity contribution in [3.63, 3.8) is 0 Å². The minimum absolute atomic E-state index is 0.0585. The van der Waals surface area contributed by atoms with Crippen molar-refractivity contribution in [2.75, 3.05) is 19.8 Å². The molecule has 4 heterocycles. The van der Waals surface area contributed by atoms with E-state index in [9.17, 15) is 9.59 Å². The quantitative estimate of drug-likeness (QED) is 0.192. The Balaban J connectivity index is 1.26. The molecule has 55 heavy (non-hydrogen) atoms. The van der Waals surface area contributed by atoms with Gasteiger partial charge in [0.15, 0.2) is 30.5 Å². The fourth-order valence-corrected chi connectivity index (χ4v) is 6.67. The maximum atomic E-state index is 13.6. The van der Waals surface area contributed by atoms with Crippen LogP contribution in [-0.4, -0.2) is 92.8 Å². The molecule has 3 aromatic rings. The molecule has 3 aromatic carbocycles. The van der Waals surface area contributed by atoms with Gasteiger partial charge in [-0.3, -0.25) is 9.59 Å². The lowest BCUT2D eigenvalue weighted by atomic mass is 9.94. The predicted molar refractivity (Wildman–Crippen MR) is 193 cm³/mol. The number of ether oxygens (including phenoxy) is 10. The molecular formula is C41H47NO13. The summed E-state index contributed by atoms with van der Waals surface area (Å²) in [5.74, 6) is -0.651. The summed E-state index contributed by atoms with van der Waals surface area (Å²) < 4.78 is 63.7. The largest absolute Gasteiger partial charge is 0.461 e. The van der Waals surface area contributed by atoms with Gasteiger partial charge >= 0.3 is 11.9 Å². The van der Waals surface area contributed by atoms with E-state index in [2.05, 4.69) is 5.16 Å². The molecule has 14 heteroatoms. The van der Waals surface area contributed by atoms with E-state index in [1.807, 2.05) is 78.9 Å². The summed E-state index contributed by atoms with van der Waals surface area (Å²) in [5, 5.41) is 4.43. The third kappa shape index (κ3) is 9.02. The summed E-state index contributed by atoms with van der Waals surface area (Å²) in [6.45, 7) is 8.64. The molecule has 0 saturated carbocycles. The van der Waals surface area contributed by atoms with Crippen LogP contribution in [0, 0.1) is 5.41 Å². The maximum absolute atomic E-state index is 13.6. The summed E-state index contributed by atoms with van der Waals surface area (Å²) in [5.41, 5.74) is 0.741. The number of hydrogen-bond acceptors (Lipinski definition) is 14. The topological polar surface area (TPSA) is 148 Å². The van der Waals surface area contributed by atoms with Gasteiger partial charge in [0.25, 0.3) is 0 Å². The van der Waals surface area contributed by atoms with Gasteiger partial charge in [0.2, 0.25) is 12.6 Å². The van der Waals surface area contributed by atoms with Crippen molar-refractivity contribution in [3.05, 3.63) is 102 Å². The number of para-hydroxylation sites is 1. The summed E-state index contributed by atoms with van der Waals surface area (Å²) >= 11 is 0. The molecule has 4 fully saturated rings. The van der Waals surface area contributed by atoms with Crippen LogP contribution in [0.4, 0.5) is 0 Å². The van der Waals surface area contributed by atoms with Gasteiger partial charge in [-0.1, -0.05) is 84.0 Å². The van der Waals surface area contributed by atoms with E-state index in [4.69, 9.17) is 52.2 Å². The first kappa shape index (κ1) is 38.8. The van der Waals surface area contributed by atoms with Gasteiger partial charge in [0, 0.05) is 18.1 Å². The molecule has 7 rings (SSSR count). The second kappa shape index (κ2) is 17.2. The SMILES string of the molecule is CCO/N=C1/C(O[C@@H]2[C@@H](OC(C)=O)[C@@H](Oc3ccccc3)O[C@@H]3COC(c4ccccc4)O[C@@H]23)O[C@@H]2COC(c3ccccc3)O[C@H]2[C@@H]1OC(=O)C(C)(C)C. The summed E-state index contributed by atoms with van der Waals surface area (Å²) in [4.78, 5) is 32.0. The Kier molecular flexibility index (Phi) is 12.1. The van der Waals surface area contributed by atoms with Crippen molar-refractivity contribution >= 4 is 17.7 Å². The molecule has 4 aliphatic rings. The van der Waals surface area contributed by atoms with Gasteiger partial charge in [0.05, 0.1) is 18.6 Å². The van der Waals surface area contributed by atoms with Crippen LogP contribution >= 0.6 is 0 Å². The Hall–Kier alpha value is -4.41. The van der Waals surface area contributed by atoms with Gasteiger partial charge in [-0.15, -0.1) is 0 Å². The highest BCUT2D eigenvalue weighted by atomic mass is 16.8. The minimum atomic E-state index is -1.34. The fourth-order valence-electron chi connectivity index (χ4n) is 6.67. The lowest BCUT2D eigenvalue weighted by molar-refractivity contribution is -0.373. The van der Waals surface area contributed by atoms with Crippen LogP contribution in [-0.2, 0) is 57.1 Å². The lowest BCUT2D eigenvalue weighted by Crippen LogP contribution is -2.67. The average Bonchev–Trinajstić information content (AvgIpc) is 3.19. The van der Waals surface area contributed by atoms with E-state index < -0.39 is 85.2 Å². The Labute approximate surface area is 319 Å². The molecule has 0 radical (unpaired) electrons. The molecule has 4 aliphatic heterocycles. The molecular weight excluding hydrogens is 714 g/mol. The predicted octanol–water partition coefficient (Wildman–Crippen LogP) is 5.41. The second-order valence-corrected chi connectivity index (χ2v) is 14.5. The summed E-state index contributed by atoms with van der Waals surface area (Å²) in [6, 6.07) is 27.8. The van der Waals surface area contributed by atoms with E-state index in [1.54, 1.807) is 39.8 Å². The zero-order valence-electron chi connectivity index (χ0n) is 31.4. The highest BCUT2D eigenvalue weighted by Crippen LogP contribution is 2.40. The van der Waals surface area contributed by atoms with E-state index in [1.165, 1.54) is 6.92 Å². The van der Waals surface area contributed by atoms with E-state index >= 15 is 0 Å². The Morgan fingerprint density at radius 3 is 1.85 bits per heavy atom. The number of carbonyl (C=O) groups excluding carboxylic acids is 2. The lowest BCUT2D eigenvalue weighted by Gasteiger charge is -2.50. The zero-order chi connectivity index (χ0) is 38.5. The van der Waals surface area contributed by atoms with E-state index in [0.717, 1.165) is 11.1 Å². The van der Waals surface area contributed by atoms with Crippen molar-refractivity contribution < 1.29 is 61.8 Å². The van der Waals surface area contributed by atoms with Crippen LogP contribution in [0.1, 0.15) is 58.3 Å². The molecule has 0 amide bonds. The molecule has 0 aromatic heterocycles. The average molecular weight is 762 g/mol. The van der Waals surface area contributed by atoms with Crippen molar-refractivity contribution in [1.82, 2.24) is 0 Å². The molecule has 294 valence electrons.